The van der Waals surface area contributed by atoms with Crippen molar-refractivity contribution in [3.05, 3.63) is 60.2 Å². The summed E-state index contributed by atoms with van der Waals surface area (Å²) in [4.78, 5) is 26.6. The fraction of sp³-hybridized carbons (Fsp3) is 0.300. The Morgan fingerprint density at radius 2 is 1.64 bits per heavy atom. The van der Waals surface area contributed by atoms with Crippen LogP contribution in [0, 0.1) is 12.8 Å². The molecule has 0 saturated carbocycles. The Labute approximate surface area is 148 Å². The Morgan fingerprint density at radius 3 is 2.36 bits per heavy atom. The smallest absolute Gasteiger partial charge is 0.321 e. The van der Waals surface area contributed by atoms with Crippen LogP contribution in [0.15, 0.2) is 54.6 Å². The third kappa shape index (κ3) is 4.59. The number of carbonyl (C=O) groups excluding carboxylic acids is 2. The fourth-order valence-corrected chi connectivity index (χ4v) is 2.98. The van der Waals surface area contributed by atoms with E-state index in [1.54, 1.807) is 4.90 Å². The summed E-state index contributed by atoms with van der Waals surface area (Å²) in [5, 5.41) is 5.83. The van der Waals surface area contributed by atoms with Gasteiger partial charge in [0.1, 0.15) is 0 Å². The van der Waals surface area contributed by atoms with E-state index in [0.717, 1.165) is 29.8 Å². The number of benzene rings is 2. The second kappa shape index (κ2) is 7.83. The highest BCUT2D eigenvalue weighted by Gasteiger charge is 2.28. The molecule has 2 aromatic rings. The molecule has 2 aromatic carbocycles. The maximum absolute atomic E-state index is 12.5. The van der Waals surface area contributed by atoms with Gasteiger partial charge in [-0.3, -0.25) is 4.79 Å². The Balaban J connectivity index is 1.57. The Bertz CT molecular complexity index is 728. The Kier molecular flexibility index (Phi) is 5.33. The van der Waals surface area contributed by atoms with Crippen LogP contribution in [0.5, 0.6) is 0 Å². The number of piperidine rings is 1. The summed E-state index contributed by atoms with van der Waals surface area (Å²) in [5.41, 5.74) is 2.70. The summed E-state index contributed by atoms with van der Waals surface area (Å²) in [6.07, 6.45) is 1.63. The molecule has 1 heterocycles. The van der Waals surface area contributed by atoms with Crippen LogP contribution < -0.4 is 10.6 Å². The maximum atomic E-state index is 12.5. The molecule has 25 heavy (non-hydrogen) atoms. The predicted octanol–water partition coefficient (Wildman–Crippen LogP) is 3.88. The molecule has 0 aromatic heterocycles. The SMILES string of the molecule is Cc1ccc(NC(=O)N2CCCC(C(=O)Nc3ccccc3)C2)cc1. The summed E-state index contributed by atoms with van der Waals surface area (Å²) in [7, 11) is 0. The highest BCUT2D eigenvalue weighted by Crippen LogP contribution is 2.20. The molecule has 0 bridgehead atoms. The second-order valence-electron chi connectivity index (χ2n) is 6.44. The highest BCUT2D eigenvalue weighted by molar-refractivity contribution is 5.94. The lowest BCUT2D eigenvalue weighted by Crippen LogP contribution is -2.45. The minimum atomic E-state index is -0.183. The molecule has 2 N–H and O–H groups in total. The van der Waals surface area contributed by atoms with Gasteiger partial charge in [0, 0.05) is 24.5 Å². The van der Waals surface area contributed by atoms with Crippen LogP contribution in [0.2, 0.25) is 0 Å². The summed E-state index contributed by atoms with van der Waals surface area (Å²) in [6, 6.07) is 17.0. The number of aryl methyl sites for hydroxylation is 1. The van der Waals surface area contributed by atoms with E-state index in [4.69, 9.17) is 0 Å². The van der Waals surface area contributed by atoms with Crippen LogP contribution in [0.3, 0.4) is 0 Å². The lowest BCUT2D eigenvalue weighted by Gasteiger charge is -2.32. The molecular formula is C20H23N3O2. The molecule has 1 aliphatic heterocycles. The van der Waals surface area contributed by atoms with E-state index < -0.39 is 0 Å². The van der Waals surface area contributed by atoms with Gasteiger partial charge in [0.05, 0.1) is 5.92 Å². The lowest BCUT2D eigenvalue weighted by atomic mass is 9.97. The van der Waals surface area contributed by atoms with Crippen molar-refractivity contribution in [3.63, 3.8) is 0 Å². The number of hydrogen-bond acceptors (Lipinski definition) is 2. The number of hydrogen-bond donors (Lipinski definition) is 2. The van der Waals surface area contributed by atoms with E-state index in [1.807, 2.05) is 61.5 Å². The first-order chi connectivity index (χ1) is 12.1. The zero-order valence-corrected chi connectivity index (χ0v) is 14.4. The standard InChI is InChI=1S/C20H23N3O2/c1-15-9-11-18(12-10-15)22-20(25)23-13-5-6-16(14-23)19(24)21-17-7-3-2-4-8-17/h2-4,7-12,16H,5-6,13-14H2,1H3,(H,21,24)(H,22,25). The van der Waals surface area contributed by atoms with Gasteiger partial charge in [-0.1, -0.05) is 35.9 Å². The van der Waals surface area contributed by atoms with Crippen LogP contribution in [0.1, 0.15) is 18.4 Å². The first-order valence-corrected chi connectivity index (χ1v) is 8.60. The minimum absolute atomic E-state index is 0.0287. The molecule has 0 aliphatic carbocycles. The largest absolute Gasteiger partial charge is 0.326 e. The number of nitrogens with one attached hydrogen (secondary N) is 2. The maximum Gasteiger partial charge on any atom is 0.321 e. The van der Waals surface area contributed by atoms with Crippen molar-refractivity contribution in [2.75, 3.05) is 23.7 Å². The zero-order valence-electron chi connectivity index (χ0n) is 14.4. The van der Waals surface area contributed by atoms with Gasteiger partial charge < -0.3 is 15.5 Å². The highest BCUT2D eigenvalue weighted by atomic mass is 16.2. The quantitative estimate of drug-likeness (QED) is 0.893. The summed E-state index contributed by atoms with van der Waals surface area (Å²) >= 11 is 0. The molecule has 0 radical (unpaired) electrons. The van der Waals surface area contributed by atoms with Crippen LogP contribution in [-0.2, 0) is 4.79 Å². The molecular weight excluding hydrogens is 314 g/mol. The summed E-state index contributed by atoms with van der Waals surface area (Å²) in [6.45, 7) is 3.12. The molecule has 5 nitrogen and oxygen atoms in total. The van der Waals surface area contributed by atoms with E-state index in [2.05, 4.69) is 10.6 Å². The molecule has 5 heteroatoms. The van der Waals surface area contributed by atoms with Gasteiger partial charge in [-0.2, -0.15) is 0 Å². The van der Waals surface area contributed by atoms with Crippen molar-refractivity contribution in [1.29, 1.82) is 0 Å². The number of para-hydroxylation sites is 1. The first-order valence-electron chi connectivity index (χ1n) is 8.60. The normalized spacial score (nSPS) is 17.0. The van der Waals surface area contributed by atoms with Gasteiger partial charge >= 0.3 is 6.03 Å². The zero-order chi connectivity index (χ0) is 17.6. The number of likely N-dealkylation sites (tertiary alicyclic amines) is 1. The monoisotopic (exact) mass is 337 g/mol. The Morgan fingerprint density at radius 1 is 0.960 bits per heavy atom. The van der Waals surface area contributed by atoms with Crippen molar-refractivity contribution >= 4 is 23.3 Å². The second-order valence-corrected chi connectivity index (χ2v) is 6.44. The molecule has 130 valence electrons. The third-order valence-electron chi connectivity index (χ3n) is 4.42. The van der Waals surface area contributed by atoms with Crippen LogP contribution in [0.4, 0.5) is 16.2 Å². The van der Waals surface area contributed by atoms with Gasteiger partial charge in [-0.25, -0.2) is 4.79 Å². The average Bonchev–Trinajstić information content (AvgIpc) is 2.64. The van der Waals surface area contributed by atoms with Crippen molar-refractivity contribution in [2.24, 2.45) is 5.92 Å². The molecule has 0 spiro atoms. The number of carbonyl (C=O) groups is 2. The Hall–Kier alpha value is -2.82. The average molecular weight is 337 g/mol. The molecule has 1 unspecified atom stereocenters. The van der Waals surface area contributed by atoms with Crippen molar-refractivity contribution < 1.29 is 9.59 Å². The van der Waals surface area contributed by atoms with Gasteiger partial charge in [0.25, 0.3) is 0 Å². The first kappa shape index (κ1) is 17.0. The van der Waals surface area contributed by atoms with Crippen LogP contribution in [-0.4, -0.2) is 29.9 Å². The number of anilines is 2. The number of rotatable bonds is 3. The molecule has 3 rings (SSSR count). The summed E-state index contributed by atoms with van der Waals surface area (Å²) < 4.78 is 0. The van der Waals surface area contributed by atoms with E-state index in [9.17, 15) is 9.59 Å². The van der Waals surface area contributed by atoms with Crippen LogP contribution in [0.25, 0.3) is 0 Å². The molecule has 1 fully saturated rings. The number of nitrogens with zero attached hydrogens (tertiary/aromatic N) is 1. The van der Waals surface area contributed by atoms with Crippen molar-refractivity contribution in [1.82, 2.24) is 4.90 Å². The van der Waals surface area contributed by atoms with Crippen molar-refractivity contribution in [2.45, 2.75) is 19.8 Å². The van der Waals surface area contributed by atoms with Gasteiger partial charge in [-0.15, -0.1) is 0 Å². The van der Waals surface area contributed by atoms with E-state index in [0.29, 0.717) is 13.1 Å². The number of amides is 3. The molecule has 1 aliphatic rings. The van der Waals surface area contributed by atoms with Gasteiger partial charge in [-0.05, 0) is 44.0 Å². The van der Waals surface area contributed by atoms with Gasteiger partial charge in [0.15, 0.2) is 0 Å². The topological polar surface area (TPSA) is 61.4 Å². The van der Waals surface area contributed by atoms with Gasteiger partial charge in [0.2, 0.25) is 5.91 Å². The minimum Gasteiger partial charge on any atom is -0.326 e. The van der Waals surface area contributed by atoms with E-state index in [-0.39, 0.29) is 17.9 Å². The third-order valence-corrected chi connectivity index (χ3v) is 4.42. The van der Waals surface area contributed by atoms with Crippen LogP contribution >= 0.6 is 0 Å². The molecule has 1 saturated heterocycles. The van der Waals surface area contributed by atoms with Crippen molar-refractivity contribution in [3.8, 4) is 0 Å². The fourth-order valence-electron chi connectivity index (χ4n) is 2.98. The molecule has 1 atom stereocenters. The van der Waals surface area contributed by atoms with E-state index >= 15 is 0 Å². The lowest BCUT2D eigenvalue weighted by molar-refractivity contribution is -0.121. The number of urea groups is 1. The summed E-state index contributed by atoms with van der Waals surface area (Å²) in [5.74, 6) is -0.211. The predicted molar refractivity (Wildman–Crippen MR) is 99.6 cm³/mol. The molecule has 3 amide bonds. The van der Waals surface area contributed by atoms with E-state index in [1.165, 1.54) is 0 Å².